The molecule has 2 heteroatoms. The van der Waals surface area contributed by atoms with Gasteiger partial charge in [0.25, 0.3) is 0 Å². The highest BCUT2D eigenvalue weighted by Crippen LogP contribution is 2.34. The molecule has 1 fully saturated rings. The number of fused-ring (bicyclic) bond motifs is 1. The standard InChI is InChI=1S/C13H17NO/c1-4-11(10-3-2-7-14-9-10)12-6-8-15-13(12)5-1/h1,4-5,10,14H,2-3,6-9H2/t10-/m0/s1. The van der Waals surface area contributed by atoms with Crippen molar-refractivity contribution in [3.8, 4) is 5.75 Å². The zero-order chi connectivity index (χ0) is 10.1. The molecule has 1 atom stereocenters. The molecule has 15 heavy (non-hydrogen) atoms. The Balaban J connectivity index is 1.93. The van der Waals surface area contributed by atoms with E-state index in [4.69, 9.17) is 4.74 Å². The molecule has 0 saturated carbocycles. The van der Waals surface area contributed by atoms with E-state index < -0.39 is 0 Å². The van der Waals surface area contributed by atoms with Gasteiger partial charge in [0.2, 0.25) is 0 Å². The van der Waals surface area contributed by atoms with Crippen LogP contribution in [0.2, 0.25) is 0 Å². The Hall–Kier alpha value is -1.02. The maximum absolute atomic E-state index is 5.61. The number of benzene rings is 1. The average molecular weight is 203 g/mol. The van der Waals surface area contributed by atoms with Crippen molar-refractivity contribution in [2.75, 3.05) is 19.7 Å². The molecule has 0 radical (unpaired) electrons. The van der Waals surface area contributed by atoms with Crippen molar-refractivity contribution in [3.05, 3.63) is 29.3 Å². The minimum Gasteiger partial charge on any atom is -0.493 e. The van der Waals surface area contributed by atoms with Gasteiger partial charge in [0, 0.05) is 18.5 Å². The highest BCUT2D eigenvalue weighted by atomic mass is 16.5. The van der Waals surface area contributed by atoms with Gasteiger partial charge in [-0.25, -0.2) is 0 Å². The summed E-state index contributed by atoms with van der Waals surface area (Å²) < 4.78 is 5.61. The monoisotopic (exact) mass is 203 g/mol. The summed E-state index contributed by atoms with van der Waals surface area (Å²) in [6.45, 7) is 3.19. The first-order chi connectivity index (χ1) is 7.45. The lowest BCUT2D eigenvalue weighted by molar-refractivity contribution is 0.357. The van der Waals surface area contributed by atoms with Crippen molar-refractivity contribution in [1.29, 1.82) is 0 Å². The minimum absolute atomic E-state index is 0.704. The highest BCUT2D eigenvalue weighted by Gasteiger charge is 2.22. The van der Waals surface area contributed by atoms with Gasteiger partial charge in [-0.05, 0) is 36.9 Å². The van der Waals surface area contributed by atoms with E-state index in [0.29, 0.717) is 5.92 Å². The smallest absolute Gasteiger partial charge is 0.122 e. The third kappa shape index (κ3) is 1.63. The van der Waals surface area contributed by atoms with Gasteiger partial charge >= 0.3 is 0 Å². The van der Waals surface area contributed by atoms with E-state index in [9.17, 15) is 0 Å². The normalized spacial score (nSPS) is 24.7. The maximum Gasteiger partial charge on any atom is 0.122 e. The molecule has 1 N–H and O–H groups in total. The van der Waals surface area contributed by atoms with Gasteiger partial charge in [0.05, 0.1) is 6.61 Å². The SMILES string of the molecule is c1cc2c(c([C@H]3CCCNC3)c1)CCO2. The molecular formula is C13H17NO. The van der Waals surface area contributed by atoms with Crippen LogP contribution in [0.25, 0.3) is 0 Å². The summed E-state index contributed by atoms with van der Waals surface area (Å²) in [5, 5.41) is 3.48. The minimum atomic E-state index is 0.704. The van der Waals surface area contributed by atoms with Gasteiger partial charge in [0.1, 0.15) is 5.75 Å². The zero-order valence-corrected chi connectivity index (χ0v) is 8.96. The Morgan fingerprint density at radius 2 is 2.33 bits per heavy atom. The molecule has 2 nitrogen and oxygen atoms in total. The number of rotatable bonds is 1. The molecular weight excluding hydrogens is 186 g/mol. The van der Waals surface area contributed by atoms with Crippen LogP contribution in [0.4, 0.5) is 0 Å². The molecule has 80 valence electrons. The molecule has 1 aromatic carbocycles. The van der Waals surface area contributed by atoms with Gasteiger partial charge < -0.3 is 10.1 Å². The largest absolute Gasteiger partial charge is 0.493 e. The molecule has 0 bridgehead atoms. The molecule has 2 aliphatic heterocycles. The van der Waals surface area contributed by atoms with E-state index in [2.05, 4.69) is 23.5 Å². The third-order valence-electron chi connectivity index (χ3n) is 3.52. The molecule has 0 aromatic heterocycles. The number of hydrogen-bond donors (Lipinski definition) is 1. The quantitative estimate of drug-likeness (QED) is 0.754. The van der Waals surface area contributed by atoms with Crippen LogP contribution in [0, 0.1) is 0 Å². The van der Waals surface area contributed by atoms with Crippen LogP contribution in [0.5, 0.6) is 5.75 Å². The Morgan fingerprint density at radius 1 is 1.33 bits per heavy atom. The molecule has 2 aliphatic rings. The van der Waals surface area contributed by atoms with Crippen LogP contribution in [0.15, 0.2) is 18.2 Å². The van der Waals surface area contributed by atoms with E-state index in [1.165, 1.54) is 30.5 Å². The topological polar surface area (TPSA) is 21.3 Å². The first-order valence-electron chi connectivity index (χ1n) is 5.90. The number of nitrogens with one attached hydrogen (secondary N) is 1. The van der Waals surface area contributed by atoms with Crippen LogP contribution in [-0.4, -0.2) is 19.7 Å². The van der Waals surface area contributed by atoms with E-state index in [-0.39, 0.29) is 0 Å². The molecule has 1 aromatic rings. The van der Waals surface area contributed by atoms with E-state index >= 15 is 0 Å². The second kappa shape index (κ2) is 3.86. The summed E-state index contributed by atoms with van der Waals surface area (Å²) in [4.78, 5) is 0. The van der Waals surface area contributed by atoms with Crippen LogP contribution in [0.1, 0.15) is 29.9 Å². The van der Waals surface area contributed by atoms with Crippen molar-refractivity contribution in [1.82, 2.24) is 5.32 Å². The number of hydrogen-bond acceptors (Lipinski definition) is 2. The fraction of sp³-hybridized carbons (Fsp3) is 0.538. The summed E-state index contributed by atoms with van der Waals surface area (Å²) >= 11 is 0. The second-order valence-corrected chi connectivity index (χ2v) is 4.47. The molecule has 0 amide bonds. The third-order valence-corrected chi connectivity index (χ3v) is 3.52. The molecule has 1 saturated heterocycles. The van der Waals surface area contributed by atoms with Crippen molar-refractivity contribution < 1.29 is 4.74 Å². The molecule has 3 rings (SSSR count). The van der Waals surface area contributed by atoms with Crippen LogP contribution in [-0.2, 0) is 6.42 Å². The Kier molecular flexibility index (Phi) is 2.37. The van der Waals surface area contributed by atoms with Gasteiger partial charge in [-0.1, -0.05) is 12.1 Å². The van der Waals surface area contributed by atoms with Crippen molar-refractivity contribution >= 4 is 0 Å². The van der Waals surface area contributed by atoms with E-state index in [1.54, 1.807) is 0 Å². The van der Waals surface area contributed by atoms with Gasteiger partial charge in [-0.3, -0.25) is 0 Å². The first-order valence-corrected chi connectivity index (χ1v) is 5.90. The average Bonchev–Trinajstić information content (AvgIpc) is 2.78. The fourth-order valence-corrected chi connectivity index (χ4v) is 2.75. The predicted octanol–water partition coefficient (Wildman–Crippen LogP) is 2.09. The summed E-state index contributed by atoms with van der Waals surface area (Å²) in [5.41, 5.74) is 2.99. The fourth-order valence-electron chi connectivity index (χ4n) is 2.75. The van der Waals surface area contributed by atoms with E-state index in [1.807, 2.05) is 0 Å². The number of ether oxygens (including phenoxy) is 1. The number of piperidine rings is 1. The van der Waals surface area contributed by atoms with Crippen molar-refractivity contribution in [2.24, 2.45) is 0 Å². The second-order valence-electron chi connectivity index (χ2n) is 4.47. The van der Waals surface area contributed by atoms with Crippen molar-refractivity contribution in [2.45, 2.75) is 25.2 Å². The molecule has 0 aliphatic carbocycles. The van der Waals surface area contributed by atoms with Crippen LogP contribution < -0.4 is 10.1 Å². The summed E-state index contributed by atoms with van der Waals surface area (Å²) in [6.07, 6.45) is 3.72. The highest BCUT2D eigenvalue weighted by molar-refractivity contribution is 5.44. The first kappa shape index (κ1) is 9.22. The van der Waals surface area contributed by atoms with Crippen LogP contribution >= 0.6 is 0 Å². The van der Waals surface area contributed by atoms with Crippen LogP contribution in [0.3, 0.4) is 0 Å². The summed E-state index contributed by atoms with van der Waals surface area (Å²) in [5.74, 6) is 1.83. The van der Waals surface area contributed by atoms with Gasteiger partial charge in [-0.15, -0.1) is 0 Å². The lowest BCUT2D eigenvalue weighted by Crippen LogP contribution is -2.28. The Morgan fingerprint density at radius 3 is 3.20 bits per heavy atom. The van der Waals surface area contributed by atoms with Crippen molar-refractivity contribution in [3.63, 3.8) is 0 Å². The maximum atomic E-state index is 5.61. The van der Waals surface area contributed by atoms with Gasteiger partial charge in [0.15, 0.2) is 0 Å². The lowest BCUT2D eigenvalue weighted by atomic mass is 9.87. The lowest BCUT2D eigenvalue weighted by Gasteiger charge is -2.24. The molecule has 2 heterocycles. The molecule has 0 spiro atoms. The Bertz CT molecular complexity index is 356. The molecule has 0 unspecified atom stereocenters. The summed E-state index contributed by atoms with van der Waals surface area (Å²) in [7, 11) is 0. The zero-order valence-electron chi connectivity index (χ0n) is 8.96. The van der Waals surface area contributed by atoms with Gasteiger partial charge in [-0.2, -0.15) is 0 Å². The Labute approximate surface area is 90.6 Å². The van der Waals surface area contributed by atoms with E-state index in [0.717, 1.165) is 25.3 Å². The summed E-state index contributed by atoms with van der Waals surface area (Å²) in [6, 6.07) is 6.52. The predicted molar refractivity (Wildman–Crippen MR) is 60.5 cm³/mol.